The summed E-state index contributed by atoms with van der Waals surface area (Å²) in [6.45, 7) is 5.95. The molecule has 0 atom stereocenters. The molecule has 1 fully saturated rings. The lowest BCUT2D eigenvalue weighted by atomic mass is 10.2. The first-order valence-electron chi connectivity index (χ1n) is 6.77. The molecule has 1 aromatic rings. The van der Waals surface area contributed by atoms with Crippen molar-refractivity contribution in [3.63, 3.8) is 0 Å². The number of sulfone groups is 1. The van der Waals surface area contributed by atoms with Gasteiger partial charge < -0.3 is 10.2 Å². The molecule has 118 valence electrons. The van der Waals surface area contributed by atoms with Crippen LogP contribution in [0, 0.1) is 0 Å². The van der Waals surface area contributed by atoms with Gasteiger partial charge in [-0.3, -0.25) is 4.79 Å². The first-order valence-corrected chi connectivity index (χ1v) is 8.32. The van der Waals surface area contributed by atoms with Crippen molar-refractivity contribution in [3.8, 4) is 0 Å². The highest BCUT2D eigenvalue weighted by molar-refractivity contribution is 7.92. The van der Waals surface area contributed by atoms with Gasteiger partial charge in [-0.25, -0.2) is 8.42 Å². The predicted octanol–water partition coefficient (Wildman–Crippen LogP) is 1.34. The monoisotopic (exact) mass is 332 g/mol. The second-order valence-electron chi connectivity index (χ2n) is 5.13. The molecule has 1 N–H and O–H groups in total. The molecular formula is C14H21ClN2O3S. The van der Waals surface area contributed by atoms with E-state index in [0.29, 0.717) is 13.1 Å². The average Bonchev–Trinajstić information content (AvgIpc) is 2.47. The summed E-state index contributed by atoms with van der Waals surface area (Å²) >= 11 is 0. The first kappa shape index (κ1) is 17.9. The first-order chi connectivity index (χ1) is 9.44. The molecule has 0 aliphatic carbocycles. The summed E-state index contributed by atoms with van der Waals surface area (Å²) < 4.78 is 24.7. The zero-order chi connectivity index (χ0) is 14.8. The second kappa shape index (κ2) is 7.24. The molecule has 1 heterocycles. The molecule has 0 aromatic heterocycles. The summed E-state index contributed by atoms with van der Waals surface area (Å²) in [6, 6.07) is 6.48. The van der Waals surface area contributed by atoms with Crippen LogP contribution in [0.2, 0.25) is 0 Å². The van der Waals surface area contributed by atoms with Crippen LogP contribution in [0.25, 0.3) is 0 Å². The Morgan fingerprint density at radius 2 is 1.76 bits per heavy atom. The number of amides is 1. The van der Waals surface area contributed by atoms with Crippen LogP contribution in [0.3, 0.4) is 0 Å². The summed E-state index contributed by atoms with van der Waals surface area (Å²) in [5, 5.41) is 2.63. The van der Waals surface area contributed by atoms with Crippen LogP contribution in [0.4, 0.5) is 0 Å². The summed E-state index contributed by atoms with van der Waals surface area (Å²) in [5.74, 6) is -0.202. The van der Waals surface area contributed by atoms with Gasteiger partial charge in [0.25, 0.3) is 5.91 Å². The summed E-state index contributed by atoms with van der Waals surface area (Å²) in [7, 11) is -3.45. The van der Waals surface area contributed by atoms with E-state index in [1.54, 1.807) is 36.9 Å². The second-order valence-corrected chi connectivity index (χ2v) is 7.60. The Kier molecular flexibility index (Phi) is 6.19. The van der Waals surface area contributed by atoms with Crippen LogP contribution < -0.4 is 5.32 Å². The van der Waals surface area contributed by atoms with Crippen LogP contribution in [0.5, 0.6) is 0 Å². The molecule has 7 heteroatoms. The standard InChI is InChI=1S/C14H20N2O3S.ClH/c1-11(2)20(18,19)13-6-4-3-5-12(13)14(17)16-9-7-15-8-10-16;/h3-6,11,15H,7-10H2,1-2H3;1H. The van der Waals surface area contributed by atoms with E-state index in [1.807, 2.05) is 0 Å². The van der Waals surface area contributed by atoms with Gasteiger partial charge in [0.15, 0.2) is 9.84 Å². The lowest BCUT2D eigenvalue weighted by molar-refractivity contribution is 0.0732. The Morgan fingerprint density at radius 3 is 2.33 bits per heavy atom. The molecule has 1 amide bonds. The molecule has 0 spiro atoms. The van der Waals surface area contributed by atoms with Crippen molar-refractivity contribution in [2.24, 2.45) is 0 Å². The minimum Gasteiger partial charge on any atom is -0.336 e. The SMILES string of the molecule is CC(C)S(=O)(=O)c1ccccc1C(=O)N1CCNCC1.Cl. The lowest BCUT2D eigenvalue weighted by Gasteiger charge is -2.28. The predicted molar refractivity (Wildman–Crippen MR) is 84.8 cm³/mol. The number of benzene rings is 1. The molecule has 1 aliphatic rings. The Bertz CT molecular complexity index is 596. The molecule has 1 aliphatic heterocycles. The highest BCUT2D eigenvalue weighted by Crippen LogP contribution is 2.22. The molecule has 2 rings (SSSR count). The van der Waals surface area contributed by atoms with Crippen molar-refractivity contribution in [2.45, 2.75) is 24.0 Å². The fraction of sp³-hybridized carbons (Fsp3) is 0.500. The number of halogens is 1. The Balaban J connectivity index is 0.00000220. The molecule has 5 nitrogen and oxygen atoms in total. The molecule has 0 saturated carbocycles. The average molecular weight is 333 g/mol. The van der Waals surface area contributed by atoms with Crippen molar-refractivity contribution < 1.29 is 13.2 Å². The number of nitrogens with one attached hydrogen (secondary N) is 1. The fourth-order valence-corrected chi connectivity index (χ4v) is 3.42. The van der Waals surface area contributed by atoms with E-state index in [0.717, 1.165) is 13.1 Å². The minimum absolute atomic E-state index is 0. The number of hydrogen-bond donors (Lipinski definition) is 1. The molecule has 0 radical (unpaired) electrons. The van der Waals surface area contributed by atoms with Gasteiger partial charge in [0, 0.05) is 26.2 Å². The molecule has 21 heavy (non-hydrogen) atoms. The normalized spacial score (nSPS) is 15.7. The lowest BCUT2D eigenvalue weighted by Crippen LogP contribution is -2.46. The maximum atomic E-state index is 12.5. The third kappa shape index (κ3) is 3.75. The number of rotatable bonds is 3. The van der Waals surface area contributed by atoms with Gasteiger partial charge in [-0.05, 0) is 26.0 Å². The summed E-state index contributed by atoms with van der Waals surface area (Å²) in [6.07, 6.45) is 0. The Labute approximate surface area is 132 Å². The van der Waals surface area contributed by atoms with Crippen molar-refractivity contribution in [1.82, 2.24) is 10.2 Å². The van der Waals surface area contributed by atoms with Crippen LogP contribution in [0.15, 0.2) is 29.2 Å². The van der Waals surface area contributed by atoms with Crippen molar-refractivity contribution in [3.05, 3.63) is 29.8 Å². The number of carbonyl (C=O) groups excluding carboxylic acids is 1. The largest absolute Gasteiger partial charge is 0.336 e. The molecule has 0 bridgehead atoms. The maximum Gasteiger partial charge on any atom is 0.255 e. The molecule has 0 unspecified atom stereocenters. The van der Waals surface area contributed by atoms with Crippen LogP contribution in [0.1, 0.15) is 24.2 Å². The van der Waals surface area contributed by atoms with Crippen LogP contribution >= 0.6 is 12.4 Å². The van der Waals surface area contributed by atoms with Gasteiger partial charge in [-0.15, -0.1) is 12.4 Å². The van der Waals surface area contributed by atoms with E-state index in [2.05, 4.69) is 5.32 Å². The van der Waals surface area contributed by atoms with Gasteiger partial charge in [0.2, 0.25) is 0 Å². The maximum absolute atomic E-state index is 12.5. The van der Waals surface area contributed by atoms with Crippen molar-refractivity contribution in [1.29, 1.82) is 0 Å². The Hall–Kier alpha value is -1.11. The number of nitrogens with zero attached hydrogens (tertiary/aromatic N) is 1. The zero-order valence-corrected chi connectivity index (χ0v) is 13.8. The third-order valence-electron chi connectivity index (χ3n) is 3.45. The molecular weight excluding hydrogens is 312 g/mol. The van der Waals surface area contributed by atoms with Gasteiger partial charge in [0.05, 0.1) is 15.7 Å². The van der Waals surface area contributed by atoms with E-state index in [1.165, 1.54) is 6.07 Å². The van der Waals surface area contributed by atoms with Gasteiger partial charge in [-0.2, -0.15) is 0 Å². The smallest absolute Gasteiger partial charge is 0.255 e. The topological polar surface area (TPSA) is 66.5 Å². The third-order valence-corrected chi connectivity index (χ3v) is 5.66. The van der Waals surface area contributed by atoms with Gasteiger partial charge in [0.1, 0.15) is 0 Å². The van der Waals surface area contributed by atoms with Crippen LogP contribution in [-0.2, 0) is 9.84 Å². The van der Waals surface area contributed by atoms with E-state index < -0.39 is 15.1 Å². The van der Waals surface area contributed by atoms with E-state index in [4.69, 9.17) is 0 Å². The highest BCUT2D eigenvalue weighted by atomic mass is 35.5. The summed E-state index contributed by atoms with van der Waals surface area (Å²) in [4.78, 5) is 14.4. The molecule has 1 saturated heterocycles. The minimum atomic E-state index is -3.45. The Morgan fingerprint density at radius 1 is 1.19 bits per heavy atom. The van der Waals surface area contributed by atoms with E-state index >= 15 is 0 Å². The fourth-order valence-electron chi connectivity index (χ4n) is 2.18. The number of piperazine rings is 1. The zero-order valence-electron chi connectivity index (χ0n) is 12.2. The van der Waals surface area contributed by atoms with Crippen LogP contribution in [-0.4, -0.2) is 50.7 Å². The van der Waals surface area contributed by atoms with Crippen molar-refractivity contribution in [2.75, 3.05) is 26.2 Å². The molecule has 1 aromatic carbocycles. The van der Waals surface area contributed by atoms with Gasteiger partial charge in [-0.1, -0.05) is 12.1 Å². The quantitative estimate of drug-likeness (QED) is 0.907. The number of hydrogen-bond acceptors (Lipinski definition) is 4. The van der Waals surface area contributed by atoms with E-state index in [-0.39, 0.29) is 28.8 Å². The van der Waals surface area contributed by atoms with E-state index in [9.17, 15) is 13.2 Å². The highest BCUT2D eigenvalue weighted by Gasteiger charge is 2.27. The summed E-state index contributed by atoms with van der Waals surface area (Å²) in [5.41, 5.74) is 0.281. The van der Waals surface area contributed by atoms with Gasteiger partial charge >= 0.3 is 0 Å². The van der Waals surface area contributed by atoms with Crippen molar-refractivity contribution >= 4 is 28.2 Å². The number of carbonyl (C=O) groups is 1.